The molecule has 1 aromatic carbocycles. The summed E-state index contributed by atoms with van der Waals surface area (Å²) in [5.41, 5.74) is 7.12. The van der Waals surface area contributed by atoms with Crippen molar-refractivity contribution in [1.82, 2.24) is 0 Å². The molecule has 5 nitrogen and oxygen atoms in total. The zero-order valence-corrected chi connectivity index (χ0v) is 22.7. The van der Waals surface area contributed by atoms with E-state index in [0.717, 1.165) is 49.7 Å². The van der Waals surface area contributed by atoms with Gasteiger partial charge in [-0.3, -0.25) is 4.79 Å². The number of carbonyl (C=O) groups excluding carboxylic acids is 1. The van der Waals surface area contributed by atoms with Crippen molar-refractivity contribution in [2.24, 2.45) is 40.2 Å². The molecule has 0 saturated heterocycles. The molecule has 0 aromatic heterocycles. The summed E-state index contributed by atoms with van der Waals surface area (Å²) in [7, 11) is 1.82. The van der Waals surface area contributed by atoms with Gasteiger partial charge in [0.05, 0.1) is 11.2 Å². The molecule has 8 atom stereocenters. The second-order valence-corrected chi connectivity index (χ2v) is 14.6. The average Bonchev–Trinajstić information content (AvgIpc) is 3.56. The number of rotatable bonds is 5. The number of aliphatic hydroxyl groups is 1. The van der Waals surface area contributed by atoms with Gasteiger partial charge in [-0.15, -0.1) is 0 Å². The van der Waals surface area contributed by atoms with E-state index in [0.29, 0.717) is 11.5 Å². The molecule has 36 heavy (non-hydrogen) atoms. The standard InChI is InChI=1S/C31H43NO4/c1-27(2,3)28(4,34)22-16-29-12-13-31(22,35-5)26-30(29)11-10-18(14-17-6-7-17)21(29)15-19-8-9-20(25(32)33)24(36-26)23(19)30/h8-9,17-18,21-22,26,34H,6-7,10-16H2,1-5H3,(H2,32,33)/t18?,21-,22+,26+,28-,29+,30-,31?/m0/s1. The summed E-state index contributed by atoms with van der Waals surface area (Å²) in [5.74, 6) is 2.49. The predicted molar refractivity (Wildman–Crippen MR) is 138 cm³/mol. The van der Waals surface area contributed by atoms with Gasteiger partial charge in [-0.1, -0.05) is 39.7 Å². The molecule has 8 rings (SSSR count). The summed E-state index contributed by atoms with van der Waals surface area (Å²) in [5, 5.41) is 12.3. The van der Waals surface area contributed by atoms with Gasteiger partial charge in [0.2, 0.25) is 0 Å². The second kappa shape index (κ2) is 6.88. The first kappa shape index (κ1) is 23.5. The summed E-state index contributed by atoms with van der Waals surface area (Å²) >= 11 is 0. The third-order valence-corrected chi connectivity index (χ3v) is 12.6. The van der Waals surface area contributed by atoms with E-state index in [1.165, 1.54) is 36.8 Å². The molecule has 1 aromatic rings. The van der Waals surface area contributed by atoms with Gasteiger partial charge >= 0.3 is 0 Å². The number of methoxy groups -OCH3 is 1. The van der Waals surface area contributed by atoms with Crippen molar-refractivity contribution < 1.29 is 19.4 Å². The zero-order chi connectivity index (χ0) is 25.5. The van der Waals surface area contributed by atoms with E-state index in [1.54, 1.807) is 0 Å². The predicted octanol–water partition coefficient (Wildman–Crippen LogP) is 5.15. The Kier molecular flexibility index (Phi) is 4.50. The molecule has 196 valence electrons. The van der Waals surface area contributed by atoms with Crippen LogP contribution in [-0.2, 0) is 16.6 Å². The Morgan fingerprint density at radius 3 is 2.56 bits per heavy atom. The maximum Gasteiger partial charge on any atom is 0.252 e. The molecule has 5 fully saturated rings. The lowest BCUT2D eigenvalue weighted by atomic mass is 9.30. The number of primary amides is 1. The Morgan fingerprint density at radius 2 is 1.92 bits per heavy atom. The number of carbonyl (C=O) groups is 1. The van der Waals surface area contributed by atoms with Crippen molar-refractivity contribution in [2.75, 3.05) is 7.11 Å². The molecule has 6 aliphatic carbocycles. The third-order valence-electron chi connectivity index (χ3n) is 12.6. The van der Waals surface area contributed by atoms with Crippen LogP contribution in [0, 0.1) is 34.5 Å². The summed E-state index contributed by atoms with van der Waals surface area (Å²) in [6, 6.07) is 4.08. The van der Waals surface area contributed by atoms with Crippen LogP contribution >= 0.6 is 0 Å². The second-order valence-electron chi connectivity index (χ2n) is 14.6. The first-order valence-corrected chi connectivity index (χ1v) is 14.3. The van der Waals surface area contributed by atoms with E-state index in [9.17, 15) is 9.90 Å². The van der Waals surface area contributed by atoms with Crippen LogP contribution in [0.4, 0.5) is 0 Å². The maximum atomic E-state index is 12.6. The fraction of sp³-hybridized carbons (Fsp3) is 0.774. The van der Waals surface area contributed by atoms with E-state index in [4.69, 9.17) is 15.2 Å². The van der Waals surface area contributed by atoms with Crippen LogP contribution in [0.2, 0.25) is 0 Å². The Bertz CT molecular complexity index is 1150. The minimum Gasteiger partial charge on any atom is -0.485 e. The molecule has 4 bridgehead atoms. The minimum atomic E-state index is -0.927. The summed E-state index contributed by atoms with van der Waals surface area (Å²) in [6.45, 7) is 8.48. The molecule has 3 N–H and O–H groups in total. The SMILES string of the molecule is COC12CC[C@@]3(C[C@@H]1[C@](C)(O)C(C)(C)C)[C@H]1Cc4ccc(C(N)=O)c5c4[C@@]3(CCC1CC1CC1)[C@H]2O5. The molecule has 7 aliphatic rings. The van der Waals surface area contributed by atoms with Crippen molar-refractivity contribution in [2.45, 2.75) is 108 Å². The van der Waals surface area contributed by atoms with Crippen molar-refractivity contribution in [3.63, 3.8) is 0 Å². The Balaban J connectivity index is 1.49. The Labute approximate surface area is 215 Å². The van der Waals surface area contributed by atoms with Crippen LogP contribution in [-0.4, -0.2) is 35.4 Å². The molecule has 1 amide bonds. The molecule has 1 heterocycles. The number of hydrogen-bond acceptors (Lipinski definition) is 4. The fourth-order valence-electron chi connectivity index (χ4n) is 10.4. The van der Waals surface area contributed by atoms with Crippen LogP contribution in [0.3, 0.4) is 0 Å². The Morgan fingerprint density at radius 1 is 1.17 bits per heavy atom. The molecular weight excluding hydrogens is 450 g/mol. The zero-order valence-electron chi connectivity index (χ0n) is 22.7. The summed E-state index contributed by atoms with van der Waals surface area (Å²) < 4.78 is 13.6. The normalized spacial score (nSPS) is 43.5. The van der Waals surface area contributed by atoms with Gasteiger partial charge in [0.1, 0.15) is 17.5 Å². The number of fused-ring (bicyclic) bond motifs is 2. The van der Waals surface area contributed by atoms with E-state index in [2.05, 4.69) is 26.8 Å². The molecule has 5 heteroatoms. The monoisotopic (exact) mass is 493 g/mol. The molecule has 2 spiro atoms. The third kappa shape index (κ3) is 2.49. The van der Waals surface area contributed by atoms with Gasteiger partial charge in [0, 0.05) is 24.0 Å². The number of nitrogens with two attached hydrogens (primary N) is 1. The number of ether oxygens (including phenoxy) is 2. The van der Waals surface area contributed by atoms with Gasteiger partial charge in [-0.25, -0.2) is 0 Å². The van der Waals surface area contributed by atoms with Crippen LogP contribution in [0.5, 0.6) is 5.75 Å². The highest BCUT2D eigenvalue weighted by molar-refractivity contribution is 5.97. The molecule has 0 radical (unpaired) electrons. The number of hydrogen-bond donors (Lipinski definition) is 2. The number of amides is 1. The largest absolute Gasteiger partial charge is 0.485 e. The smallest absolute Gasteiger partial charge is 0.252 e. The first-order valence-electron chi connectivity index (χ1n) is 14.3. The van der Waals surface area contributed by atoms with Crippen molar-refractivity contribution >= 4 is 5.91 Å². The van der Waals surface area contributed by atoms with Gasteiger partial charge in [-0.2, -0.15) is 0 Å². The molecule has 5 saturated carbocycles. The highest BCUT2D eigenvalue weighted by atomic mass is 16.6. The summed E-state index contributed by atoms with van der Waals surface area (Å²) in [6.07, 6.45) is 10.3. The van der Waals surface area contributed by atoms with Crippen LogP contribution < -0.4 is 10.5 Å². The lowest BCUT2D eigenvalue weighted by Gasteiger charge is -2.75. The highest BCUT2D eigenvalue weighted by Gasteiger charge is 2.82. The van der Waals surface area contributed by atoms with E-state index in [-0.39, 0.29) is 28.3 Å². The summed E-state index contributed by atoms with van der Waals surface area (Å²) in [4.78, 5) is 12.6. The topological polar surface area (TPSA) is 81.8 Å². The Hall–Kier alpha value is -1.59. The van der Waals surface area contributed by atoms with Crippen LogP contribution in [0.15, 0.2) is 12.1 Å². The van der Waals surface area contributed by atoms with Gasteiger partial charge in [0.15, 0.2) is 0 Å². The van der Waals surface area contributed by atoms with Crippen molar-refractivity contribution in [3.05, 3.63) is 28.8 Å². The van der Waals surface area contributed by atoms with Crippen LogP contribution in [0.1, 0.15) is 101 Å². The lowest BCUT2D eigenvalue weighted by Crippen LogP contribution is -2.80. The van der Waals surface area contributed by atoms with E-state index in [1.807, 2.05) is 20.1 Å². The highest BCUT2D eigenvalue weighted by Crippen LogP contribution is 2.80. The number of benzene rings is 1. The fourth-order valence-corrected chi connectivity index (χ4v) is 10.4. The maximum absolute atomic E-state index is 12.6. The quantitative estimate of drug-likeness (QED) is 0.594. The van der Waals surface area contributed by atoms with Crippen molar-refractivity contribution in [1.29, 1.82) is 0 Å². The van der Waals surface area contributed by atoms with Crippen molar-refractivity contribution in [3.8, 4) is 5.75 Å². The lowest BCUT2D eigenvalue weighted by molar-refractivity contribution is -0.314. The van der Waals surface area contributed by atoms with E-state index < -0.39 is 17.1 Å². The first-order chi connectivity index (χ1) is 16.9. The van der Waals surface area contributed by atoms with Gasteiger partial charge in [0.25, 0.3) is 5.91 Å². The van der Waals surface area contributed by atoms with Crippen LogP contribution in [0.25, 0.3) is 0 Å². The molecule has 2 unspecified atom stereocenters. The van der Waals surface area contributed by atoms with Gasteiger partial charge in [-0.05, 0) is 92.1 Å². The minimum absolute atomic E-state index is 0.0445. The molecule has 1 aliphatic heterocycles. The van der Waals surface area contributed by atoms with E-state index >= 15 is 0 Å². The van der Waals surface area contributed by atoms with Gasteiger partial charge < -0.3 is 20.3 Å². The molecular formula is C31H43NO4. The average molecular weight is 494 g/mol.